The van der Waals surface area contributed by atoms with Gasteiger partial charge in [-0.3, -0.25) is 19.7 Å². The van der Waals surface area contributed by atoms with Crippen LogP contribution in [0, 0.1) is 5.82 Å². The summed E-state index contributed by atoms with van der Waals surface area (Å²) < 4.78 is 13.4. The van der Waals surface area contributed by atoms with Gasteiger partial charge < -0.3 is 5.32 Å². The number of amides is 3. The van der Waals surface area contributed by atoms with Crippen LogP contribution in [0.5, 0.6) is 0 Å². The van der Waals surface area contributed by atoms with E-state index in [4.69, 9.17) is 0 Å². The van der Waals surface area contributed by atoms with Crippen LogP contribution in [-0.2, 0) is 20.8 Å². The lowest BCUT2D eigenvalue weighted by Crippen LogP contribution is -2.52. The van der Waals surface area contributed by atoms with Crippen LogP contribution in [0.3, 0.4) is 0 Å². The molecule has 5 nitrogen and oxygen atoms in total. The fraction of sp³-hybridized carbons (Fsp3) is 0.308. The summed E-state index contributed by atoms with van der Waals surface area (Å²) in [7, 11) is 0. The van der Waals surface area contributed by atoms with Gasteiger partial charge in [-0.05, 0) is 18.1 Å². The standard InChI is InChI=1S/C13H13FN2O3/c14-9-4-2-1-3-8(9)7-12(18)15-10-5-6-11(17)16-13(10)19/h1-4,10H,5-7H2,(H,15,18)(H,16,17,19). The maximum Gasteiger partial charge on any atom is 0.249 e. The minimum atomic E-state index is -0.725. The third kappa shape index (κ3) is 3.37. The Morgan fingerprint density at radius 1 is 1.37 bits per heavy atom. The molecule has 1 aromatic carbocycles. The summed E-state index contributed by atoms with van der Waals surface area (Å²) >= 11 is 0. The highest BCUT2D eigenvalue weighted by Crippen LogP contribution is 2.08. The molecule has 6 heteroatoms. The molecule has 1 aromatic rings. The molecule has 2 N–H and O–H groups in total. The Hall–Kier alpha value is -2.24. The van der Waals surface area contributed by atoms with Gasteiger partial charge in [0, 0.05) is 6.42 Å². The third-order valence-corrected chi connectivity index (χ3v) is 2.88. The quantitative estimate of drug-likeness (QED) is 0.770. The number of benzene rings is 1. The zero-order valence-electron chi connectivity index (χ0n) is 10.1. The molecule has 0 aliphatic carbocycles. The van der Waals surface area contributed by atoms with Crippen LogP contribution in [0.4, 0.5) is 4.39 Å². The summed E-state index contributed by atoms with van der Waals surface area (Å²) in [6, 6.07) is 5.24. The highest BCUT2D eigenvalue weighted by atomic mass is 19.1. The first-order valence-electron chi connectivity index (χ1n) is 5.92. The molecule has 2 rings (SSSR count). The third-order valence-electron chi connectivity index (χ3n) is 2.88. The Kier molecular flexibility index (Phi) is 3.89. The Bertz CT molecular complexity index is 530. The van der Waals surface area contributed by atoms with E-state index in [9.17, 15) is 18.8 Å². The highest BCUT2D eigenvalue weighted by Gasteiger charge is 2.27. The summed E-state index contributed by atoms with van der Waals surface area (Å²) in [5.74, 6) is -1.76. The van der Waals surface area contributed by atoms with Gasteiger partial charge in [-0.25, -0.2) is 4.39 Å². The van der Waals surface area contributed by atoms with E-state index in [2.05, 4.69) is 10.6 Å². The van der Waals surface area contributed by atoms with E-state index in [1.165, 1.54) is 18.2 Å². The fourth-order valence-corrected chi connectivity index (χ4v) is 1.89. The van der Waals surface area contributed by atoms with Crippen LogP contribution >= 0.6 is 0 Å². The molecule has 1 saturated heterocycles. The molecule has 100 valence electrons. The Balaban J connectivity index is 1.93. The summed E-state index contributed by atoms with van der Waals surface area (Å²) in [6.45, 7) is 0. The van der Waals surface area contributed by atoms with Crippen LogP contribution in [0.2, 0.25) is 0 Å². The predicted molar refractivity (Wildman–Crippen MR) is 64.4 cm³/mol. The minimum Gasteiger partial charge on any atom is -0.344 e. The first-order valence-corrected chi connectivity index (χ1v) is 5.92. The number of halogens is 1. The molecule has 0 bridgehead atoms. The number of nitrogens with one attached hydrogen (secondary N) is 2. The summed E-state index contributed by atoms with van der Waals surface area (Å²) in [5, 5.41) is 4.64. The van der Waals surface area contributed by atoms with Gasteiger partial charge in [0.1, 0.15) is 11.9 Å². The molecule has 3 amide bonds. The Labute approximate surface area is 109 Å². The molecule has 1 aliphatic rings. The Morgan fingerprint density at radius 3 is 2.79 bits per heavy atom. The second-order valence-electron chi connectivity index (χ2n) is 4.34. The normalized spacial score (nSPS) is 18.9. The molecule has 1 unspecified atom stereocenters. The van der Waals surface area contributed by atoms with Crippen molar-refractivity contribution in [2.75, 3.05) is 0 Å². The van der Waals surface area contributed by atoms with Gasteiger partial charge in [-0.15, -0.1) is 0 Å². The summed E-state index contributed by atoms with van der Waals surface area (Å²) in [4.78, 5) is 34.1. The Morgan fingerprint density at radius 2 is 2.11 bits per heavy atom. The lowest BCUT2D eigenvalue weighted by atomic mass is 10.1. The van der Waals surface area contributed by atoms with E-state index in [1.54, 1.807) is 6.07 Å². The highest BCUT2D eigenvalue weighted by molar-refractivity contribution is 6.01. The van der Waals surface area contributed by atoms with Crippen molar-refractivity contribution < 1.29 is 18.8 Å². The zero-order chi connectivity index (χ0) is 13.8. The number of hydrogen-bond acceptors (Lipinski definition) is 3. The lowest BCUT2D eigenvalue weighted by Gasteiger charge is -2.21. The van der Waals surface area contributed by atoms with Crippen molar-refractivity contribution in [3.05, 3.63) is 35.6 Å². The number of carbonyl (C=O) groups is 3. The predicted octanol–water partition coefficient (Wildman–Crippen LogP) is 0.290. The van der Waals surface area contributed by atoms with E-state index in [1.807, 2.05) is 0 Å². The van der Waals surface area contributed by atoms with Gasteiger partial charge in [0.2, 0.25) is 17.7 Å². The van der Waals surface area contributed by atoms with Crippen molar-refractivity contribution in [3.63, 3.8) is 0 Å². The fourth-order valence-electron chi connectivity index (χ4n) is 1.89. The van der Waals surface area contributed by atoms with Crippen LogP contribution in [0.15, 0.2) is 24.3 Å². The second-order valence-corrected chi connectivity index (χ2v) is 4.34. The van der Waals surface area contributed by atoms with Crippen molar-refractivity contribution in [2.45, 2.75) is 25.3 Å². The molecule has 0 saturated carbocycles. The summed E-state index contributed by atoms with van der Waals surface area (Å²) in [5.41, 5.74) is 0.271. The zero-order valence-corrected chi connectivity index (χ0v) is 10.1. The van der Waals surface area contributed by atoms with Crippen molar-refractivity contribution in [2.24, 2.45) is 0 Å². The van der Waals surface area contributed by atoms with Crippen LogP contribution in [0.1, 0.15) is 18.4 Å². The lowest BCUT2D eigenvalue weighted by molar-refractivity contribution is -0.137. The maximum absolute atomic E-state index is 13.4. The van der Waals surface area contributed by atoms with E-state index >= 15 is 0 Å². The van der Waals surface area contributed by atoms with Gasteiger partial charge >= 0.3 is 0 Å². The first kappa shape index (κ1) is 13.2. The number of hydrogen-bond donors (Lipinski definition) is 2. The molecule has 0 radical (unpaired) electrons. The van der Waals surface area contributed by atoms with E-state index in [0.717, 1.165) is 0 Å². The van der Waals surface area contributed by atoms with Crippen LogP contribution in [0.25, 0.3) is 0 Å². The van der Waals surface area contributed by atoms with Crippen molar-refractivity contribution in [3.8, 4) is 0 Å². The average molecular weight is 264 g/mol. The smallest absolute Gasteiger partial charge is 0.249 e. The average Bonchev–Trinajstić information content (AvgIpc) is 2.36. The van der Waals surface area contributed by atoms with E-state index in [0.29, 0.717) is 0 Å². The topological polar surface area (TPSA) is 75.3 Å². The molecular formula is C13H13FN2O3. The van der Waals surface area contributed by atoms with Crippen LogP contribution < -0.4 is 10.6 Å². The van der Waals surface area contributed by atoms with E-state index in [-0.39, 0.29) is 30.7 Å². The largest absolute Gasteiger partial charge is 0.344 e. The number of carbonyl (C=O) groups excluding carboxylic acids is 3. The van der Waals surface area contributed by atoms with Crippen molar-refractivity contribution in [1.29, 1.82) is 0 Å². The number of imide groups is 1. The first-order chi connectivity index (χ1) is 9.06. The molecule has 1 heterocycles. The monoisotopic (exact) mass is 264 g/mol. The SMILES string of the molecule is O=C1CCC(NC(=O)Cc2ccccc2F)C(=O)N1. The molecular weight excluding hydrogens is 251 g/mol. The molecule has 19 heavy (non-hydrogen) atoms. The molecule has 1 atom stereocenters. The molecule has 1 aliphatic heterocycles. The van der Waals surface area contributed by atoms with Crippen molar-refractivity contribution in [1.82, 2.24) is 10.6 Å². The molecule has 1 fully saturated rings. The van der Waals surface area contributed by atoms with E-state index < -0.39 is 23.7 Å². The minimum absolute atomic E-state index is 0.135. The molecule has 0 aromatic heterocycles. The van der Waals surface area contributed by atoms with Crippen molar-refractivity contribution >= 4 is 17.7 Å². The summed E-state index contributed by atoms with van der Waals surface area (Å²) in [6.07, 6.45) is 0.328. The number of piperidine rings is 1. The van der Waals surface area contributed by atoms with Gasteiger partial charge in [0.25, 0.3) is 0 Å². The second kappa shape index (κ2) is 5.60. The number of rotatable bonds is 3. The molecule has 0 spiro atoms. The van der Waals surface area contributed by atoms with Gasteiger partial charge in [-0.2, -0.15) is 0 Å². The van der Waals surface area contributed by atoms with Gasteiger partial charge in [-0.1, -0.05) is 18.2 Å². The van der Waals surface area contributed by atoms with Gasteiger partial charge in [0.05, 0.1) is 6.42 Å². The maximum atomic E-state index is 13.4. The van der Waals surface area contributed by atoms with Gasteiger partial charge in [0.15, 0.2) is 0 Å². The van der Waals surface area contributed by atoms with Crippen LogP contribution in [-0.4, -0.2) is 23.8 Å².